The summed E-state index contributed by atoms with van der Waals surface area (Å²) in [6.07, 6.45) is 1.11. The molecular weight excluding hydrogens is 395 g/mol. The van der Waals surface area contributed by atoms with Gasteiger partial charge in [-0.25, -0.2) is 4.79 Å². The Morgan fingerprint density at radius 1 is 1.14 bits per heavy atom. The summed E-state index contributed by atoms with van der Waals surface area (Å²) in [6.45, 7) is 6.42. The molecule has 156 valence electrons. The van der Waals surface area contributed by atoms with Crippen LogP contribution in [-0.2, 0) is 14.2 Å². The van der Waals surface area contributed by atoms with Gasteiger partial charge in [0.05, 0.1) is 18.3 Å². The van der Waals surface area contributed by atoms with Crippen molar-refractivity contribution >= 4 is 38.3 Å². The first-order valence-electron chi connectivity index (χ1n) is 8.98. The van der Waals surface area contributed by atoms with Crippen molar-refractivity contribution < 1.29 is 32.9 Å². The van der Waals surface area contributed by atoms with E-state index < -0.39 is 19.5 Å². The zero-order valence-electron chi connectivity index (χ0n) is 17.3. The molecule has 2 radical (unpaired) electrons. The summed E-state index contributed by atoms with van der Waals surface area (Å²) in [4.78, 5) is 25.7. The van der Waals surface area contributed by atoms with Gasteiger partial charge in [0.1, 0.15) is 19.0 Å². The van der Waals surface area contributed by atoms with Gasteiger partial charge in [0.2, 0.25) is 0 Å². The third kappa shape index (κ3) is 5.84. The molecule has 0 bridgehead atoms. The number of esters is 1. The van der Waals surface area contributed by atoms with Crippen molar-refractivity contribution in [1.82, 2.24) is 0 Å². The third-order valence-corrected chi connectivity index (χ3v) is 5.66. The summed E-state index contributed by atoms with van der Waals surface area (Å²) in [5, 5.41) is -0.0427. The Morgan fingerprint density at radius 2 is 1.79 bits per heavy atom. The lowest BCUT2D eigenvalue weighted by Gasteiger charge is -2.18. The highest BCUT2D eigenvalue weighted by Crippen LogP contribution is 2.37. The van der Waals surface area contributed by atoms with Gasteiger partial charge in [0.25, 0.3) is 0 Å². The quantitative estimate of drug-likeness (QED) is 0.328. The minimum atomic E-state index is -1.43. The summed E-state index contributed by atoms with van der Waals surface area (Å²) >= 11 is 0. The van der Waals surface area contributed by atoms with Crippen molar-refractivity contribution in [2.75, 3.05) is 34.4 Å². The second kappa shape index (κ2) is 9.95. The molecule has 0 aliphatic heterocycles. The fourth-order valence-electron chi connectivity index (χ4n) is 2.47. The minimum absolute atomic E-state index is 0.00713. The van der Waals surface area contributed by atoms with Crippen LogP contribution in [0.5, 0.6) is 11.5 Å². The second-order valence-electron chi connectivity index (χ2n) is 7.52. The number of methoxy groups -OCH3 is 2. The van der Waals surface area contributed by atoms with Crippen LogP contribution in [0.25, 0.3) is 11.0 Å². The Balaban J connectivity index is 2.63. The molecule has 8 nitrogen and oxygen atoms in total. The molecule has 0 saturated carbocycles. The van der Waals surface area contributed by atoms with Crippen LogP contribution in [0.15, 0.2) is 21.5 Å². The number of carbonyl (C=O) groups is 1. The molecule has 0 unspecified atom stereocenters. The molecule has 0 saturated heterocycles. The Kier molecular flexibility index (Phi) is 7.89. The molecule has 1 heterocycles. The molecule has 0 spiro atoms. The lowest BCUT2D eigenvalue weighted by atomic mass is 9.95. The van der Waals surface area contributed by atoms with Crippen molar-refractivity contribution in [3.63, 3.8) is 0 Å². The first-order chi connectivity index (χ1) is 13.7. The number of hydrogen-bond acceptors (Lipinski definition) is 8. The van der Waals surface area contributed by atoms with Crippen molar-refractivity contribution in [3.05, 3.63) is 28.1 Å². The molecule has 1 aromatic heterocycles. The van der Waals surface area contributed by atoms with E-state index in [-0.39, 0.29) is 53.7 Å². The fraction of sp³-hybridized carbons (Fsp3) is 0.474. The van der Waals surface area contributed by atoms with Gasteiger partial charge in [-0.15, -0.1) is 0 Å². The lowest BCUT2D eigenvalue weighted by Crippen LogP contribution is -2.27. The molecule has 2 aromatic rings. The van der Waals surface area contributed by atoms with Crippen LogP contribution in [0.2, 0.25) is 25.7 Å². The maximum Gasteiger partial charge on any atom is 0.342 e. The molecule has 0 N–H and O–H groups in total. The summed E-state index contributed by atoms with van der Waals surface area (Å²) in [5.41, 5.74) is -0.722. The van der Waals surface area contributed by atoms with Crippen LogP contribution in [0.4, 0.5) is 0 Å². The molecular formula is C19H25BO8Si. The van der Waals surface area contributed by atoms with E-state index in [0.29, 0.717) is 0 Å². The van der Waals surface area contributed by atoms with Gasteiger partial charge < -0.3 is 28.1 Å². The number of fused-ring (bicyclic) bond motifs is 1. The van der Waals surface area contributed by atoms with E-state index in [1.807, 2.05) is 0 Å². The predicted octanol–water partition coefficient (Wildman–Crippen LogP) is 2.05. The Morgan fingerprint density at radius 3 is 2.41 bits per heavy atom. The van der Waals surface area contributed by atoms with Gasteiger partial charge in [0, 0.05) is 28.4 Å². The molecule has 0 aliphatic carbocycles. The second-order valence-corrected chi connectivity index (χ2v) is 13.1. The molecule has 29 heavy (non-hydrogen) atoms. The van der Waals surface area contributed by atoms with Gasteiger partial charge in [-0.2, -0.15) is 0 Å². The lowest BCUT2D eigenvalue weighted by molar-refractivity contribution is 0.0299. The van der Waals surface area contributed by atoms with Crippen LogP contribution in [0.3, 0.4) is 0 Å². The minimum Gasteiger partial charge on any atom is -0.465 e. The Labute approximate surface area is 171 Å². The van der Waals surface area contributed by atoms with Gasteiger partial charge in [-0.3, -0.25) is 4.79 Å². The SMILES string of the molecule is [B]c1coc2cc(OCOC)c(OCOC)c(C(=O)OCC[Si](C)(C)C)c2c1=O. The van der Waals surface area contributed by atoms with Crippen molar-refractivity contribution in [2.24, 2.45) is 0 Å². The first kappa shape index (κ1) is 23.0. The maximum atomic E-state index is 13.0. The first-order valence-corrected chi connectivity index (χ1v) is 12.7. The summed E-state index contributed by atoms with van der Waals surface area (Å²) in [7, 11) is 7.15. The summed E-state index contributed by atoms with van der Waals surface area (Å²) < 4.78 is 31.8. The van der Waals surface area contributed by atoms with E-state index in [9.17, 15) is 9.59 Å². The highest BCUT2D eigenvalue weighted by atomic mass is 28.3. The van der Waals surface area contributed by atoms with Gasteiger partial charge in [-0.1, -0.05) is 19.6 Å². The Bertz CT molecular complexity index is 919. The molecule has 0 aliphatic rings. The van der Waals surface area contributed by atoms with Gasteiger partial charge in [-0.05, 0) is 11.5 Å². The van der Waals surface area contributed by atoms with E-state index in [1.165, 1.54) is 20.3 Å². The fourth-order valence-corrected chi connectivity index (χ4v) is 3.18. The van der Waals surface area contributed by atoms with Gasteiger partial charge >= 0.3 is 5.97 Å². The highest BCUT2D eigenvalue weighted by Gasteiger charge is 2.27. The number of carbonyl (C=O) groups excluding carboxylic acids is 1. The maximum absolute atomic E-state index is 13.0. The number of rotatable bonds is 10. The topological polar surface area (TPSA) is 93.4 Å². The number of hydrogen-bond donors (Lipinski definition) is 0. The van der Waals surface area contributed by atoms with Crippen LogP contribution in [0, 0.1) is 0 Å². The van der Waals surface area contributed by atoms with E-state index in [0.717, 1.165) is 12.3 Å². The monoisotopic (exact) mass is 420 g/mol. The van der Waals surface area contributed by atoms with Crippen LogP contribution in [0.1, 0.15) is 10.4 Å². The van der Waals surface area contributed by atoms with E-state index in [4.69, 9.17) is 35.9 Å². The molecule has 2 rings (SSSR count). The third-order valence-electron chi connectivity index (χ3n) is 3.95. The van der Waals surface area contributed by atoms with Crippen molar-refractivity contribution in [3.8, 4) is 11.5 Å². The van der Waals surface area contributed by atoms with E-state index in [1.54, 1.807) is 0 Å². The zero-order chi connectivity index (χ0) is 21.6. The van der Waals surface area contributed by atoms with E-state index >= 15 is 0 Å². The van der Waals surface area contributed by atoms with Crippen molar-refractivity contribution in [2.45, 2.75) is 25.7 Å². The van der Waals surface area contributed by atoms with Crippen LogP contribution < -0.4 is 20.4 Å². The average Bonchev–Trinajstić information content (AvgIpc) is 2.66. The van der Waals surface area contributed by atoms with Gasteiger partial charge in [0.15, 0.2) is 30.5 Å². The Hall–Kier alpha value is -2.30. The van der Waals surface area contributed by atoms with Crippen LogP contribution >= 0.6 is 0 Å². The standard InChI is InChI=1S/C19H25BO8Si/c1-23-10-27-14-8-13-15(17(21)12(20)9-26-13)16(18(14)28-11-24-2)19(22)25-6-7-29(3,4)5/h8-9H,6-7,10-11H2,1-5H3. The molecule has 0 amide bonds. The normalized spacial score (nSPS) is 11.5. The smallest absolute Gasteiger partial charge is 0.342 e. The number of ether oxygens (including phenoxy) is 5. The molecule has 0 atom stereocenters. The van der Waals surface area contributed by atoms with E-state index in [2.05, 4.69) is 19.6 Å². The molecule has 0 fully saturated rings. The predicted molar refractivity (Wildman–Crippen MR) is 111 cm³/mol. The molecule has 10 heteroatoms. The van der Waals surface area contributed by atoms with Crippen LogP contribution in [-0.4, -0.2) is 56.3 Å². The average molecular weight is 420 g/mol. The largest absolute Gasteiger partial charge is 0.465 e. The summed E-state index contributed by atoms with van der Waals surface area (Å²) in [5.74, 6) is -0.603. The summed E-state index contributed by atoms with van der Waals surface area (Å²) in [6, 6.07) is 2.20. The van der Waals surface area contributed by atoms with Crippen molar-refractivity contribution in [1.29, 1.82) is 0 Å². The highest BCUT2D eigenvalue weighted by molar-refractivity contribution is 6.76. The number of benzene rings is 1. The zero-order valence-corrected chi connectivity index (χ0v) is 18.3. The molecule has 1 aromatic carbocycles.